The van der Waals surface area contributed by atoms with Crippen molar-refractivity contribution in [2.24, 2.45) is 11.7 Å². The minimum absolute atomic E-state index is 0.0600. The number of primary amides is 1. The van der Waals surface area contributed by atoms with Crippen LogP contribution in [0.3, 0.4) is 0 Å². The quantitative estimate of drug-likeness (QED) is 0.787. The molecule has 5 nitrogen and oxygen atoms in total. The van der Waals surface area contributed by atoms with E-state index in [2.05, 4.69) is 14.9 Å². The second-order valence-corrected chi connectivity index (χ2v) is 4.15. The van der Waals surface area contributed by atoms with Crippen LogP contribution in [0.5, 0.6) is 0 Å². The highest BCUT2D eigenvalue weighted by molar-refractivity contribution is 5.77. The van der Waals surface area contributed by atoms with Gasteiger partial charge in [0.25, 0.3) is 0 Å². The van der Waals surface area contributed by atoms with Crippen LogP contribution in [0.2, 0.25) is 0 Å². The summed E-state index contributed by atoms with van der Waals surface area (Å²) in [4.78, 5) is 21.8. The van der Waals surface area contributed by atoms with E-state index in [4.69, 9.17) is 5.73 Å². The first kappa shape index (κ1) is 10.9. The lowest BCUT2D eigenvalue weighted by Crippen LogP contribution is -2.41. The molecule has 1 aromatic heterocycles. The fourth-order valence-electron chi connectivity index (χ4n) is 2.11. The fraction of sp³-hybridized carbons (Fsp3) is 0.545. The molecule has 2 N–H and O–H groups in total. The normalized spacial score (nSPS) is 20.8. The van der Waals surface area contributed by atoms with Crippen molar-refractivity contribution in [1.82, 2.24) is 9.97 Å². The zero-order valence-electron chi connectivity index (χ0n) is 9.39. The average Bonchev–Trinajstić information content (AvgIpc) is 2.30. The molecule has 1 aliphatic heterocycles. The van der Waals surface area contributed by atoms with E-state index in [9.17, 15) is 4.79 Å². The van der Waals surface area contributed by atoms with Crippen molar-refractivity contribution in [1.29, 1.82) is 0 Å². The third-order valence-corrected chi connectivity index (χ3v) is 2.98. The van der Waals surface area contributed by atoms with Crippen LogP contribution >= 0.6 is 0 Å². The number of nitrogens with two attached hydrogens (primary N) is 1. The van der Waals surface area contributed by atoms with Gasteiger partial charge in [-0.05, 0) is 19.8 Å². The Hall–Kier alpha value is -1.65. The Labute approximate surface area is 94.7 Å². The lowest BCUT2D eigenvalue weighted by molar-refractivity contribution is -0.122. The number of anilines is 1. The predicted molar refractivity (Wildman–Crippen MR) is 60.9 cm³/mol. The topological polar surface area (TPSA) is 72.1 Å². The van der Waals surface area contributed by atoms with E-state index in [1.54, 1.807) is 12.4 Å². The molecule has 1 unspecified atom stereocenters. The summed E-state index contributed by atoms with van der Waals surface area (Å²) >= 11 is 0. The second kappa shape index (κ2) is 4.47. The molecule has 0 aliphatic carbocycles. The van der Waals surface area contributed by atoms with Gasteiger partial charge in [-0.1, -0.05) is 0 Å². The van der Waals surface area contributed by atoms with Crippen molar-refractivity contribution in [3.63, 3.8) is 0 Å². The lowest BCUT2D eigenvalue weighted by Gasteiger charge is -2.32. The maximum atomic E-state index is 11.2. The minimum atomic E-state index is -0.216. The molecule has 1 atom stereocenters. The van der Waals surface area contributed by atoms with Crippen molar-refractivity contribution >= 4 is 11.7 Å². The van der Waals surface area contributed by atoms with Crippen molar-refractivity contribution in [2.45, 2.75) is 19.8 Å². The second-order valence-electron chi connectivity index (χ2n) is 4.15. The maximum absolute atomic E-state index is 11.2. The third kappa shape index (κ3) is 2.13. The highest BCUT2D eigenvalue weighted by Crippen LogP contribution is 2.22. The molecule has 1 saturated heterocycles. The van der Waals surface area contributed by atoms with E-state index in [0.717, 1.165) is 30.9 Å². The molecule has 0 saturated carbocycles. The number of aromatic nitrogens is 2. The highest BCUT2D eigenvalue weighted by atomic mass is 16.1. The monoisotopic (exact) mass is 220 g/mol. The minimum Gasteiger partial charge on any atom is -0.369 e. The van der Waals surface area contributed by atoms with Gasteiger partial charge in [0.15, 0.2) is 0 Å². The molecule has 5 heteroatoms. The summed E-state index contributed by atoms with van der Waals surface area (Å²) in [5.74, 6) is 0.592. The van der Waals surface area contributed by atoms with Gasteiger partial charge in [-0.2, -0.15) is 0 Å². The Morgan fingerprint density at radius 3 is 2.94 bits per heavy atom. The van der Waals surface area contributed by atoms with Gasteiger partial charge in [-0.15, -0.1) is 0 Å². The molecule has 0 spiro atoms. The molecule has 16 heavy (non-hydrogen) atoms. The Morgan fingerprint density at radius 2 is 2.25 bits per heavy atom. The standard InChI is InChI=1S/C11H16N4O/c1-8-11(14-5-4-13-8)15-6-2-3-9(7-15)10(12)16/h4-5,9H,2-3,6-7H2,1H3,(H2,12,16). The van der Waals surface area contributed by atoms with Crippen LogP contribution in [0.1, 0.15) is 18.5 Å². The van der Waals surface area contributed by atoms with Crippen LogP contribution < -0.4 is 10.6 Å². The number of piperidine rings is 1. The molecule has 86 valence electrons. The summed E-state index contributed by atoms with van der Waals surface area (Å²) in [5, 5.41) is 0. The zero-order chi connectivity index (χ0) is 11.5. The van der Waals surface area contributed by atoms with Crippen LogP contribution in [0.4, 0.5) is 5.82 Å². The molecular formula is C11H16N4O. The first-order valence-electron chi connectivity index (χ1n) is 5.50. The number of carbonyl (C=O) groups excluding carboxylic acids is 1. The van der Waals surface area contributed by atoms with E-state index < -0.39 is 0 Å². The largest absolute Gasteiger partial charge is 0.369 e. The van der Waals surface area contributed by atoms with Gasteiger partial charge in [0.2, 0.25) is 5.91 Å². The summed E-state index contributed by atoms with van der Waals surface area (Å²) < 4.78 is 0. The van der Waals surface area contributed by atoms with Gasteiger partial charge in [0.05, 0.1) is 11.6 Å². The zero-order valence-corrected chi connectivity index (χ0v) is 9.39. The van der Waals surface area contributed by atoms with Crippen molar-refractivity contribution < 1.29 is 4.79 Å². The van der Waals surface area contributed by atoms with Crippen LogP contribution in [0.25, 0.3) is 0 Å². The van der Waals surface area contributed by atoms with E-state index in [-0.39, 0.29) is 11.8 Å². The SMILES string of the molecule is Cc1nccnc1N1CCCC(C(N)=O)C1. The number of carbonyl (C=O) groups is 1. The van der Waals surface area contributed by atoms with E-state index in [1.807, 2.05) is 6.92 Å². The number of aryl methyl sites for hydroxylation is 1. The number of rotatable bonds is 2. The number of hydrogen-bond donors (Lipinski definition) is 1. The third-order valence-electron chi connectivity index (χ3n) is 2.98. The smallest absolute Gasteiger partial charge is 0.222 e. The first-order valence-corrected chi connectivity index (χ1v) is 5.50. The van der Waals surface area contributed by atoms with E-state index in [0.29, 0.717) is 6.54 Å². The van der Waals surface area contributed by atoms with Crippen LogP contribution in [0, 0.1) is 12.8 Å². The van der Waals surface area contributed by atoms with Gasteiger partial charge in [-0.3, -0.25) is 9.78 Å². The van der Waals surface area contributed by atoms with Gasteiger partial charge in [0, 0.05) is 25.5 Å². The molecular weight excluding hydrogens is 204 g/mol. The predicted octanol–water partition coefficient (Wildman–Crippen LogP) is 0.487. The summed E-state index contributed by atoms with van der Waals surface area (Å²) in [6.07, 6.45) is 5.21. The molecule has 0 radical (unpaired) electrons. The molecule has 1 aromatic rings. The van der Waals surface area contributed by atoms with Crippen LogP contribution in [0.15, 0.2) is 12.4 Å². The molecule has 1 fully saturated rings. The summed E-state index contributed by atoms with van der Waals surface area (Å²) in [5.41, 5.74) is 6.24. The molecule has 0 aromatic carbocycles. The number of amides is 1. The fourth-order valence-corrected chi connectivity index (χ4v) is 2.11. The first-order chi connectivity index (χ1) is 7.68. The Morgan fingerprint density at radius 1 is 1.50 bits per heavy atom. The van der Waals surface area contributed by atoms with Crippen molar-refractivity contribution in [2.75, 3.05) is 18.0 Å². The lowest BCUT2D eigenvalue weighted by atomic mass is 9.97. The molecule has 2 rings (SSSR count). The van der Waals surface area contributed by atoms with Crippen LogP contribution in [-0.4, -0.2) is 29.0 Å². The maximum Gasteiger partial charge on any atom is 0.222 e. The van der Waals surface area contributed by atoms with Crippen molar-refractivity contribution in [3.05, 3.63) is 18.1 Å². The summed E-state index contributed by atoms with van der Waals surface area (Å²) in [6, 6.07) is 0. The Balaban J connectivity index is 2.16. The Kier molecular flexibility index (Phi) is 3.03. The van der Waals surface area contributed by atoms with Gasteiger partial charge in [0.1, 0.15) is 5.82 Å². The summed E-state index contributed by atoms with van der Waals surface area (Å²) in [6.45, 7) is 3.51. The molecule has 1 aliphatic rings. The molecule has 1 amide bonds. The van der Waals surface area contributed by atoms with E-state index >= 15 is 0 Å². The Bertz CT molecular complexity index is 393. The van der Waals surface area contributed by atoms with Gasteiger partial charge < -0.3 is 10.6 Å². The molecule has 0 bridgehead atoms. The number of hydrogen-bond acceptors (Lipinski definition) is 4. The average molecular weight is 220 g/mol. The van der Waals surface area contributed by atoms with Crippen molar-refractivity contribution in [3.8, 4) is 0 Å². The highest BCUT2D eigenvalue weighted by Gasteiger charge is 2.25. The number of nitrogens with zero attached hydrogens (tertiary/aromatic N) is 3. The molecule has 2 heterocycles. The van der Waals surface area contributed by atoms with Gasteiger partial charge >= 0.3 is 0 Å². The van der Waals surface area contributed by atoms with Gasteiger partial charge in [-0.25, -0.2) is 4.98 Å². The van der Waals surface area contributed by atoms with Crippen LogP contribution in [-0.2, 0) is 4.79 Å². The van der Waals surface area contributed by atoms with E-state index in [1.165, 1.54) is 0 Å². The summed E-state index contributed by atoms with van der Waals surface area (Å²) in [7, 11) is 0.